The van der Waals surface area contributed by atoms with Crippen molar-refractivity contribution in [3.63, 3.8) is 0 Å². The van der Waals surface area contributed by atoms with E-state index in [1.54, 1.807) is 48.5 Å². The Hall–Kier alpha value is -3.17. The van der Waals surface area contributed by atoms with Gasteiger partial charge in [0, 0.05) is 17.6 Å². The van der Waals surface area contributed by atoms with Crippen LogP contribution in [0, 0.1) is 0 Å². The van der Waals surface area contributed by atoms with Crippen LogP contribution in [0.1, 0.15) is 16.8 Å². The van der Waals surface area contributed by atoms with Gasteiger partial charge >= 0.3 is 0 Å². The number of methoxy groups -OCH3 is 1. The number of benzene rings is 2. The number of nitrogens with one attached hydrogen (secondary N) is 2. The van der Waals surface area contributed by atoms with Gasteiger partial charge in [0.25, 0.3) is 11.8 Å². The van der Waals surface area contributed by atoms with Crippen molar-refractivity contribution in [3.05, 3.63) is 59.1 Å². The lowest BCUT2D eigenvalue weighted by atomic mass is 10.1. The lowest BCUT2D eigenvalue weighted by Crippen LogP contribution is -2.49. The monoisotopic (exact) mass is 446 g/mol. The molecule has 3 rings (SSSR count). The Balaban J connectivity index is 1.74. The Labute approximate surface area is 183 Å². The number of rotatable bonds is 6. The number of hydrazine groups is 1. The predicted molar refractivity (Wildman–Crippen MR) is 116 cm³/mol. The molecular formula is C20H19ClN4O4S. The first-order chi connectivity index (χ1) is 14.3. The Morgan fingerprint density at radius 1 is 1.17 bits per heavy atom. The Kier molecular flexibility index (Phi) is 6.53. The molecule has 0 bridgehead atoms. The minimum absolute atomic E-state index is 0.0948. The van der Waals surface area contributed by atoms with Crippen LogP contribution in [-0.4, -0.2) is 52.9 Å². The number of amides is 3. The van der Waals surface area contributed by atoms with Gasteiger partial charge in [0.05, 0.1) is 19.2 Å². The lowest BCUT2D eigenvalue weighted by Gasteiger charge is -2.24. The van der Waals surface area contributed by atoms with Crippen LogP contribution in [0.4, 0.5) is 5.69 Å². The van der Waals surface area contributed by atoms with E-state index in [1.807, 2.05) is 0 Å². The minimum atomic E-state index is -0.978. The van der Waals surface area contributed by atoms with Gasteiger partial charge in [-0.15, -0.1) is 0 Å². The first-order valence-corrected chi connectivity index (χ1v) is 9.70. The molecule has 1 fully saturated rings. The third-order valence-corrected chi connectivity index (χ3v) is 5.23. The van der Waals surface area contributed by atoms with Crippen molar-refractivity contribution < 1.29 is 19.1 Å². The summed E-state index contributed by atoms with van der Waals surface area (Å²) < 4.78 is 5.22. The summed E-state index contributed by atoms with van der Waals surface area (Å²) in [5.74, 6) is -0.815. The highest BCUT2D eigenvalue weighted by atomic mass is 35.5. The summed E-state index contributed by atoms with van der Waals surface area (Å²) >= 11 is 11.1. The van der Waals surface area contributed by atoms with Crippen molar-refractivity contribution >= 4 is 52.3 Å². The van der Waals surface area contributed by atoms with Gasteiger partial charge in [0.1, 0.15) is 11.8 Å². The van der Waals surface area contributed by atoms with E-state index in [2.05, 4.69) is 10.7 Å². The molecule has 0 aromatic heterocycles. The van der Waals surface area contributed by atoms with Gasteiger partial charge in [0.15, 0.2) is 5.11 Å². The van der Waals surface area contributed by atoms with Gasteiger partial charge in [0.2, 0.25) is 5.91 Å². The smallest absolute Gasteiger partial charge is 0.269 e. The number of ether oxygens (including phenoxy) is 1. The van der Waals surface area contributed by atoms with Crippen LogP contribution < -0.4 is 15.5 Å². The molecule has 0 saturated carbocycles. The number of likely N-dealkylation sites (N-methyl/N-ethyl adjacent to an activating group) is 1. The number of nitrogens with zero attached hydrogens (tertiary/aromatic N) is 2. The molecule has 0 aliphatic carbocycles. The number of para-hydroxylation sites is 2. The molecule has 1 aliphatic heterocycles. The zero-order valence-corrected chi connectivity index (χ0v) is 17.8. The highest BCUT2D eigenvalue weighted by molar-refractivity contribution is 7.80. The molecule has 1 heterocycles. The fourth-order valence-corrected chi connectivity index (χ4v) is 3.32. The van der Waals surface area contributed by atoms with Crippen LogP contribution in [0.2, 0.25) is 5.02 Å². The molecule has 1 atom stereocenters. The van der Waals surface area contributed by atoms with E-state index in [4.69, 9.17) is 28.6 Å². The maximum atomic E-state index is 12.6. The minimum Gasteiger partial charge on any atom is -0.495 e. The van der Waals surface area contributed by atoms with E-state index in [9.17, 15) is 14.4 Å². The fraction of sp³-hybridized carbons (Fsp3) is 0.200. The second-order valence-corrected chi connectivity index (χ2v) is 7.27. The van der Waals surface area contributed by atoms with E-state index in [0.29, 0.717) is 22.0 Å². The van der Waals surface area contributed by atoms with Crippen molar-refractivity contribution in [2.45, 2.75) is 12.5 Å². The molecule has 8 nitrogen and oxygen atoms in total. The molecule has 156 valence electrons. The van der Waals surface area contributed by atoms with Gasteiger partial charge in [-0.1, -0.05) is 23.7 Å². The molecule has 0 radical (unpaired) electrons. The summed E-state index contributed by atoms with van der Waals surface area (Å²) in [7, 11) is 2.98. The number of thiocarbonyl (C=S) groups is 1. The van der Waals surface area contributed by atoms with E-state index >= 15 is 0 Å². The molecule has 10 heteroatoms. The predicted octanol–water partition coefficient (Wildman–Crippen LogP) is 2.45. The molecule has 0 spiro atoms. The molecule has 1 unspecified atom stereocenters. The molecular weight excluding hydrogens is 428 g/mol. The maximum absolute atomic E-state index is 12.6. The van der Waals surface area contributed by atoms with E-state index in [-0.39, 0.29) is 11.5 Å². The number of hydrogen-bond acceptors (Lipinski definition) is 5. The number of carbonyl (C=O) groups is 3. The van der Waals surface area contributed by atoms with Crippen molar-refractivity contribution in [1.82, 2.24) is 15.3 Å². The largest absolute Gasteiger partial charge is 0.495 e. The summed E-state index contributed by atoms with van der Waals surface area (Å²) in [5.41, 5.74) is 3.42. The summed E-state index contributed by atoms with van der Waals surface area (Å²) in [6, 6.07) is 12.2. The van der Waals surface area contributed by atoms with Crippen molar-refractivity contribution in [2.24, 2.45) is 0 Å². The van der Waals surface area contributed by atoms with Crippen molar-refractivity contribution in [1.29, 1.82) is 0 Å². The summed E-state index contributed by atoms with van der Waals surface area (Å²) in [6.07, 6.45) is -0.220. The van der Waals surface area contributed by atoms with Crippen LogP contribution in [-0.2, 0) is 9.59 Å². The highest BCUT2D eigenvalue weighted by Crippen LogP contribution is 2.24. The highest BCUT2D eigenvalue weighted by Gasteiger charge is 2.42. The third kappa shape index (κ3) is 4.52. The summed E-state index contributed by atoms with van der Waals surface area (Å²) in [6.45, 7) is 0. The average Bonchev–Trinajstić information content (AvgIpc) is 2.93. The Morgan fingerprint density at radius 2 is 1.83 bits per heavy atom. The van der Waals surface area contributed by atoms with Gasteiger partial charge < -0.3 is 10.1 Å². The maximum Gasteiger partial charge on any atom is 0.269 e. The van der Waals surface area contributed by atoms with Crippen LogP contribution in [0.3, 0.4) is 0 Å². The second kappa shape index (κ2) is 9.10. The van der Waals surface area contributed by atoms with E-state index in [0.717, 1.165) is 0 Å². The van der Waals surface area contributed by atoms with Crippen LogP contribution in [0.15, 0.2) is 48.5 Å². The molecule has 30 heavy (non-hydrogen) atoms. The van der Waals surface area contributed by atoms with E-state index in [1.165, 1.54) is 24.1 Å². The first kappa shape index (κ1) is 21.5. The van der Waals surface area contributed by atoms with Crippen molar-refractivity contribution in [2.75, 3.05) is 19.5 Å². The number of hydrogen-bond donors (Lipinski definition) is 2. The molecule has 3 amide bonds. The standard InChI is InChI=1S/C20H19ClN4O4S/c1-24-19(28)15(11-17(26)22-14-5-3-4-6-16(14)29-2)25(20(24)30)23-18(27)12-7-9-13(21)10-8-12/h3-10,15H,11H2,1-2H3,(H,22,26)(H,23,27). The summed E-state index contributed by atoms with van der Waals surface area (Å²) in [5, 5.41) is 4.54. The second-order valence-electron chi connectivity index (χ2n) is 6.47. The normalized spacial score (nSPS) is 15.9. The molecule has 1 aliphatic rings. The summed E-state index contributed by atoms with van der Waals surface area (Å²) in [4.78, 5) is 39.0. The topological polar surface area (TPSA) is 91.0 Å². The SMILES string of the molecule is COc1ccccc1NC(=O)CC1C(=O)N(C)C(=S)N1NC(=O)c1ccc(Cl)cc1. The molecule has 2 N–H and O–H groups in total. The Morgan fingerprint density at radius 3 is 2.50 bits per heavy atom. The van der Waals surface area contributed by atoms with Gasteiger partial charge in [-0.25, -0.2) is 5.01 Å². The fourth-order valence-electron chi connectivity index (χ4n) is 2.93. The van der Waals surface area contributed by atoms with Crippen LogP contribution in [0.25, 0.3) is 0 Å². The number of carbonyl (C=O) groups excluding carboxylic acids is 3. The zero-order valence-electron chi connectivity index (χ0n) is 16.2. The van der Waals surface area contributed by atoms with Crippen LogP contribution >= 0.6 is 23.8 Å². The third-order valence-electron chi connectivity index (χ3n) is 4.51. The number of anilines is 1. The van der Waals surface area contributed by atoms with Gasteiger partial charge in [-0.05, 0) is 48.6 Å². The average molecular weight is 447 g/mol. The molecule has 1 saturated heterocycles. The lowest BCUT2D eigenvalue weighted by molar-refractivity contribution is -0.130. The van der Waals surface area contributed by atoms with Crippen LogP contribution in [0.5, 0.6) is 5.75 Å². The first-order valence-electron chi connectivity index (χ1n) is 8.92. The number of halogens is 1. The van der Waals surface area contributed by atoms with Gasteiger partial charge in [-0.3, -0.25) is 24.7 Å². The molecule has 2 aromatic rings. The molecule has 2 aromatic carbocycles. The van der Waals surface area contributed by atoms with Crippen molar-refractivity contribution in [3.8, 4) is 5.75 Å². The quantitative estimate of drug-likeness (QED) is 0.662. The van der Waals surface area contributed by atoms with Gasteiger partial charge in [-0.2, -0.15) is 0 Å². The van der Waals surface area contributed by atoms with E-state index < -0.39 is 23.8 Å². The Bertz CT molecular complexity index is 999. The zero-order chi connectivity index (χ0) is 21.8.